The Morgan fingerprint density at radius 2 is 1.89 bits per heavy atom. The molecule has 2 aliphatic carbocycles. The van der Waals surface area contributed by atoms with Crippen LogP contribution in [0.4, 0.5) is 5.69 Å². The van der Waals surface area contributed by atoms with Gasteiger partial charge in [0.15, 0.2) is 0 Å². The van der Waals surface area contributed by atoms with Gasteiger partial charge in [0.1, 0.15) is 0 Å². The Hall–Kier alpha value is -0.740. The fourth-order valence-corrected chi connectivity index (χ4v) is 5.12. The number of alkyl halides is 1. The summed E-state index contributed by atoms with van der Waals surface area (Å²) in [6.45, 7) is 0. The van der Waals surface area contributed by atoms with Gasteiger partial charge in [0.2, 0.25) is 0 Å². The third-order valence-electron chi connectivity index (χ3n) is 4.06. The topological polar surface area (TPSA) is 43.1 Å². The Kier molecular flexibility index (Phi) is 3.24. The first-order valence-electron chi connectivity index (χ1n) is 6.20. The van der Waals surface area contributed by atoms with Gasteiger partial charge < -0.3 is 0 Å². The van der Waals surface area contributed by atoms with Crippen LogP contribution in [0.25, 0.3) is 0 Å². The lowest BCUT2D eigenvalue weighted by Gasteiger charge is -2.25. The van der Waals surface area contributed by atoms with Gasteiger partial charge in [-0.25, -0.2) is 0 Å². The number of halogens is 1. The van der Waals surface area contributed by atoms with Gasteiger partial charge in [0.05, 0.1) is 4.92 Å². The lowest BCUT2D eigenvalue weighted by molar-refractivity contribution is -0.384. The molecule has 96 valence electrons. The van der Waals surface area contributed by atoms with Crippen LogP contribution in [0.5, 0.6) is 0 Å². The molecule has 3 rings (SSSR count). The van der Waals surface area contributed by atoms with E-state index in [4.69, 9.17) is 11.6 Å². The Bertz CT molecular complexity index is 463. The van der Waals surface area contributed by atoms with Gasteiger partial charge in [-0.15, -0.1) is 23.4 Å². The third-order valence-corrected chi connectivity index (χ3v) is 6.33. The molecule has 2 aliphatic rings. The molecule has 0 aromatic heterocycles. The van der Waals surface area contributed by atoms with E-state index in [-0.39, 0.29) is 16.0 Å². The maximum absolute atomic E-state index is 10.6. The molecule has 4 atom stereocenters. The molecule has 2 fully saturated rings. The van der Waals surface area contributed by atoms with Gasteiger partial charge in [-0.05, 0) is 43.2 Å². The molecule has 5 heteroatoms. The second-order valence-electron chi connectivity index (χ2n) is 5.11. The molecule has 0 aliphatic heterocycles. The first-order chi connectivity index (χ1) is 8.65. The van der Waals surface area contributed by atoms with E-state index in [2.05, 4.69) is 0 Å². The van der Waals surface area contributed by atoms with Crippen LogP contribution in [-0.4, -0.2) is 15.6 Å². The quantitative estimate of drug-likeness (QED) is 0.477. The maximum atomic E-state index is 10.6. The number of nitrogens with zero attached hydrogens (tertiary/aromatic N) is 1. The largest absolute Gasteiger partial charge is 0.269 e. The summed E-state index contributed by atoms with van der Waals surface area (Å²) in [6.07, 6.45) is 3.83. The highest BCUT2D eigenvalue weighted by atomic mass is 35.5. The summed E-state index contributed by atoms with van der Waals surface area (Å²) in [5.74, 6) is 1.42. The summed E-state index contributed by atoms with van der Waals surface area (Å²) in [4.78, 5) is 11.3. The molecule has 2 saturated carbocycles. The van der Waals surface area contributed by atoms with Gasteiger partial charge in [0, 0.05) is 27.7 Å². The first-order valence-corrected chi connectivity index (χ1v) is 7.52. The molecule has 0 N–H and O–H groups in total. The smallest absolute Gasteiger partial charge is 0.258 e. The van der Waals surface area contributed by atoms with Gasteiger partial charge in [-0.3, -0.25) is 10.1 Å². The van der Waals surface area contributed by atoms with Crippen molar-refractivity contribution in [2.75, 3.05) is 0 Å². The minimum atomic E-state index is -0.365. The van der Waals surface area contributed by atoms with Crippen LogP contribution in [-0.2, 0) is 0 Å². The Balaban J connectivity index is 1.71. The number of thioether (sulfide) groups is 1. The number of non-ortho nitro benzene ring substituents is 1. The number of hydrogen-bond acceptors (Lipinski definition) is 3. The van der Waals surface area contributed by atoms with Crippen LogP contribution >= 0.6 is 23.4 Å². The molecule has 0 spiro atoms. The molecule has 2 bridgehead atoms. The number of nitro benzene ring substituents is 1. The van der Waals surface area contributed by atoms with Crippen molar-refractivity contribution in [1.29, 1.82) is 0 Å². The summed E-state index contributed by atoms with van der Waals surface area (Å²) in [5, 5.41) is 11.3. The van der Waals surface area contributed by atoms with Crippen LogP contribution in [0, 0.1) is 22.0 Å². The molecule has 18 heavy (non-hydrogen) atoms. The summed E-state index contributed by atoms with van der Waals surface area (Å²) < 4.78 is 0. The average molecular weight is 284 g/mol. The van der Waals surface area contributed by atoms with E-state index in [1.54, 1.807) is 23.9 Å². The van der Waals surface area contributed by atoms with Crippen molar-refractivity contribution in [2.45, 2.75) is 34.8 Å². The van der Waals surface area contributed by atoms with Crippen molar-refractivity contribution in [1.82, 2.24) is 0 Å². The third kappa shape index (κ3) is 2.12. The van der Waals surface area contributed by atoms with E-state index in [9.17, 15) is 10.1 Å². The SMILES string of the molecule is O=[N+]([O-])c1ccc(S[C@@H]2[C@@H]3CC[C@H](C3)[C@@H]2Cl)cc1. The maximum Gasteiger partial charge on any atom is 0.269 e. The fraction of sp³-hybridized carbons (Fsp3) is 0.538. The number of hydrogen-bond donors (Lipinski definition) is 0. The second-order valence-corrected chi connectivity index (χ2v) is 6.87. The minimum Gasteiger partial charge on any atom is -0.258 e. The Labute approximate surface area is 115 Å². The lowest BCUT2D eigenvalue weighted by atomic mass is 10.00. The normalized spacial score (nSPS) is 33.8. The Morgan fingerprint density at radius 1 is 1.22 bits per heavy atom. The molecule has 3 nitrogen and oxygen atoms in total. The van der Waals surface area contributed by atoms with E-state index in [1.807, 2.05) is 12.1 Å². The molecule has 1 aromatic carbocycles. The molecular formula is C13H14ClNO2S. The summed E-state index contributed by atoms with van der Waals surface area (Å²) >= 11 is 8.27. The minimum absolute atomic E-state index is 0.148. The zero-order chi connectivity index (χ0) is 12.7. The van der Waals surface area contributed by atoms with E-state index in [0.29, 0.717) is 11.2 Å². The zero-order valence-corrected chi connectivity index (χ0v) is 11.4. The zero-order valence-electron chi connectivity index (χ0n) is 9.79. The van der Waals surface area contributed by atoms with Gasteiger partial charge in [-0.1, -0.05) is 0 Å². The van der Waals surface area contributed by atoms with Gasteiger partial charge in [-0.2, -0.15) is 0 Å². The van der Waals surface area contributed by atoms with E-state index >= 15 is 0 Å². The molecule has 0 saturated heterocycles. The number of rotatable bonds is 3. The Morgan fingerprint density at radius 3 is 2.44 bits per heavy atom. The van der Waals surface area contributed by atoms with Gasteiger partial charge in [0.25, 0.3) is 5.69 Å². The molecule has 0 radical (unpaired) electrons. The van der Waals surface area contributed by atoms with E-state index in [1.165, 1.54) is 19.3 Å². The summed E-state index contributed by atoms with van der Waals surface area (Å²) in [5.41, 5.74) is 0.148. The van der Waals surface area contributed by atoms with E-state index in [0.717, 1.165) is 10.8 Å². The molecule has 1 aromatic rings. The molecular weight excluding hydrogens is 270 g/mol. The van der Waals surface area contributed by atoms with E-state index < -0.39 is 0 Å². The van der Waals surface area contributed by atoms with Crippen LogP contribution in [0.2, 0.25) is 0 Å². The number of benzene rings is 1. The van der Waals surface area contributed by atoms with Crippen molar-refractivity contribution in [2.24, 2.45) is 11.8 Å². The van der Waals surface area contributed by atoms with Crippen molar-refractivity contribution in [3.05, 3.63) is 34.4 Å². The standard InChI is InChI=1S/C13H14ClNO2S/c14-12-8-1-2-9(7-8)13(12)18-11-5-3-10(4-6-11)15(16)17/h3-6,8-9,12-13H,1-2,7H2/t8-,9-,12+,13-/m1/s1. The first kappa shape index (κ1) is 12.3. The highest BCUT2D eigenvalue weighted by molar-refractivity contribution is 8.00. The summed E-state index contributed by atoms with van der Waals surface area (Å²) in [6, 6.07) is 6.80. The highest BCUT2D eigenvalue weighted by Gasteiger charge is 2.47. The average Bonchev–Trinajstić information content (AvgIpc) is 2.94. The second kappa shape index (κ2) is 4.74. The predicted molar refractivity (Wildman–Crippen MR) is 73.2 cm³/mol. The van der Waals surface area contributed by atoms with Crippen molar-refractivity contribution < 1.29 is 4.92 Å². The molecule has 0 amide bonds. The van der Waals surface area contributed by atoms with Crippen LogP contribution in [0.3, 0.4) is 0 Å². The summed E-state index contributed by atoms with van der Waals surface area (Å²) in [7, 11) is 0. The lowest BCUT2D eigenvalue weighted by Crippen LogP contribution is -2.24. The number of nitro groups is 1. The number of fused-ring (bicyclic) bond motifs is 2. The van der Waals surface area contributed by atoms with Crippen LogP contribution in [0.1, 0.15) is 19.3 Å². The monoisotopic (exact) mass is 283 g/mol. The predicted octanol–water partition coefficient (Wildman–Crippen LogP) is 4.09. The van der Waals surface area contributed by atoms with Crippen molar-refractivity contribution >= 4 is 29.1 Å². The van der Waals surface area contributed by atoms with Gasteiger partial charge >= 0.3 is 0 Å². The highest BCUT2D eigenvalue weighted by Crippen LogP contribution is 2.53. The fourth-order valence-electron chi connectivity index (χ4n) is 3.13. The van der Waals surface area contributed by atoms with Crippen molar-refractivity contribution in [3.63, 3.8) is 0 Å². The molecule has 0 heterocycles. The molecule has 0 unspecified atom stereocenters. The van der Waals surface area contributed by atoms with Crippen LogP contribution in [0.15, 0.2) is 29.2 Å². The van der Waals surface area contributed by atoms with Crippen LogP contribution < -0.4 is 0 Å². The van der Waals surface area contributed by atoms with Crippen molar-refractivity contribution in [3.8, 4) is 0 Å².